The van der Waals surface area contributed by atoms with Gasteiger partial charge in [0, 0.05) is 18.3 Å². The van der Waals surface area contributed by atoms with E-state index in [2.05, 4.69) is 36.9 Å². The number of benzene rings is 1. The Morgan fingerprint density at radius 1 is 1.31 bits per heavy atom. The van der Waals surface area contributed by atoms with Crippen LogP contribution in [0.4, 0.5) is 5.69 Å². The monoisotopic (exact) mass is 219 g/mol. The van der Waals surface area contributed by atoms with Crippen LogP contribution in [-0.2, 0) is 12.8 Å². The zero-order chi connectivity index (χ0) is 11.7. The molecule has 2 nitrogen and oxygen atoms in total. The third-order valence-corrected chi connectivity index (χ3v) is 3.24. The van der Waals surface area contributed by atoms with Crippen molar-refractivity contribution in [1.29, 1.82) is 0 Å². The van der Waals surface area contributed by atoms with Gasteiger partial charge in [0.1, 0.15) is 0 Å². The van der Waals surface area contributed by atoms with Crippen molar-refractivity contribution in [2.45, 2.75) is 45.8 Å². The number of hydrogen-bond donors (Lipinski definition) is 1. The molecule has 0 spiro atoms. The Morgan fingerprint density at radius 3 is 2.69 bits per heavy atom. The van der Waals surface area contributed by atoms with Gasteiger partial charge in [0.2, 0.25) is 0 Å². The second-order valence-electron chi connectivity index (χ2n) is 5.05. The van der Waals surface area contributed by atoms with Crippen LogP contribution in [0.2, 0.25) is 0 Å². The molecule has 1 unspecified atom stereocenters. The van der Waals surface area contributed by atoms with Gasteiger partial charge in [-0.3, -0.25) is 0 Å². The molecule has 0 amide bonds. The third kappa shape index (κ3) is 2.22. The van der Waals surface area contributed by atoms with Crippen molar-refractivity contribution in [2.24, 2.45) is 0 Å². The summed E-state index contributed by atoms with van der Waals surface area (Å²) in [4.78, 5) is 2.45. The standard InChI is InChI=1S/C14H21NO/c1-10(2)15-7-6-13-5-4-12(8-11(3)16)9-14(13)15/h4-5,9-11,16H,6-8H2,1-3H3. The first-order chi connectivity index (χ1) is 7.58. The van der Waals surface area contributed by atoms with E-state index in [-0.39, 0.29) is 6.10 Å². The van der Waals surface area contributed by atoms with Crippen LogP contribution in [0.25, 0.3) is 0 Å². The molecule has 16 heavy (non-hydrogen) atoms. The molecule has 1 aliphatic rings. The van der Waals surface area contributed by atoms with Crippen molar-refractivity contribution in [3.8, 4) is 0 Å². The fourth-order valence-corrected chi connectivity index (χ4v) is 2.45. The van der Waals surface area contributed by atoms with E-state index in [9.17, 15) is 5.11 Å². The number of fused-ring (bicyclic) bond motifs is 1. The summed E-state index contributed by atoms with van der Waals surface area (Å²) in [6.45, 7) is 7.44. The van der Waals surface area contributed by atoms with Crippen molar-refractivity contribution >= 4 is 5.69 Å². The average molecular weight is 219 g/mol. The molecule has 1 aliphatic heterocycles. The van der Waals surface area contributed by atoms with Crippen molar-refractivity contribution in [2.75, 3.05) is 11.4 Å². The van der Waals surface area contributed by atoms with E-state index < -0.39 is 0 Å². The third-order valence-electron chi connectivity index (χ3n) is 3.24. The summed E-state index contributed by atoms with van der Waals surface area (Å²) in [5.74, 6) is 0. The number of aliphatic hydroxyl groups is 1. The molecule has 1 heterocycles. The topological polar surface area (TPSA) is 23.5 Å². The van der Waals surface area contributed by atoms with Crippen LogP contribution in [0.3, 0.4) is 0 Å². The van der Waals surface area contributed by atoms with Crippen molar-refractivity contribution < 1.29 is 5.11 Å². The maximum atomic E-state index is 9.42. The van der Waals surface area contributed by atoms with Gasteiger partial charge in [0.05, 0.1) is 6.10 Å². The summed E-state index contributed by atoms with van der Waals surface area (Å²) in [5.41, 5.74) is 4.05. The maximum absolute atomic E-state index is 9.42. The minimum atomic E-state index is -0.257. The van der Waals surface area contributed by atoms with Crippen LogP contribution in [0, 0.1) is 0 Å². The lowest BCUT2D eigenvalue weighted by Crippen LogP contribution is -2.28. The molecule has 1 aromatic carbocycles. The zero-order valence-corrected chi connectivity index (χ0v) is 10.4. The Morgan fingerprint density at radius 2 is 2.06 bits per heavy atom. The molecule has 1 atom stereocenters. The zero-order valence-electron chi connectivity index (χ0n) is 10.4. The van der Waals surface area contributed by atoms with Crippen LogP contribution in [-0.4, -0.2) is 23.8 Å². The Balaban J connectivity index is 2.26. The summed E-state index contributed by atoms with van der Waals surface area (Å²) in [6, 6.07) is 7.17. The van der Waals surface area contributed by atoms with Gasteiger partial charge in [-0.25, -0.2) is 0 Å². The smallest absolute Gasteiger partial charge is 0.0552 e. The van der Waals surface area contributed by atoms with Crippen LogP contribution < -0.4 is 4.90 Å². The van der Waals surface area contributed by atoms with E-state index in [1.54, 1.807) is 0 Å². The molecule has 0 aliphatic carbocycles. The number of anilines is 1. The van der Waals surface area contributed by atoms with Crippen molar-refractivity contribution in [3.63, 3.8) is 0 Å². The maximum Gasteiger partial charge on any atom is 0.0552 e. The summed E-state index contributed by atoms with van der Waals surface area (Å²) < 4.78 is 0. The molecular formula is C14H21NO. The first kappa shape index (κ1) is 11.5. The van der Waals surface area contributed by atoms with E-state index in [0.29, 0.717) is 6.04 Å². The van der Waals surface area contributed by atoms with Gasteiger partial charge in [-0.15, -0.1) is 0 Å². The SMILES string of the molecule is CC(O)Cc1ccc2c(c1)N(C(C)C)CC2. The highest BCUT2D eigenvalue weighted by Gasteiger charge is 2.21. The highest BCUT2D eigenvalue weighted by Crippen LogP contribution is 2.30. The predicted molar refractivity (Wildman–Crippen MR) is 68.0 cm³/mol. The molecule has 1 N–H and O–H groups in total. The van der Waals surface area contributed by atoms with Gasteiger partial charge in [-0.05, 0) is 50.8 Å². The molecule has 0 radical (unpaired) electrons. The Labute approximate surface area is 97.9 Å². The number of aliphatic hydroxyl groups excluding tert-OH is 1. The van der Waals surface area contributed by atoms with Crippen LogP contribution in [0.5, 0.6) is 0 Å². The van der Waals surface area contributed by atoms with E-state index in [1.165, 1.54) is 16.8 Å². The highest BCUT2D eigenvalue weighted by molar-refractivity contribution is 5.60. The normalized spacial score (nSPS) is 16.7. The molecule has 88 valence electrons. The number of rotatable bonds is 3. The minimum Gasteiger partial charge on any atom is -0.393 e. The molecule has 0 fully saturated rings. The van der Waals surface area contributed by atoms with E-state index in [0.717, 1.165) is 19.4 Å². The summed E-state index contributed by atoms with van der Waals surface area (Å²) in [6.07, 6.45) is 1.65. The molecule has 0 bridgehead atoms. The molecule has 0 saturated carbocycles. The quantitative estimate of drug-likeness (QED) is 0.843. The first-order valence-electron chi connectivity index (χ1n) is 6.14. The van der Waals surface area contributed by atoms with Crippen LogP contribution in [0.15, 0.2) is 18.2 Å². The Hall–Kier alpha value is -1.02. The molecule has 0 saturated heterocycles. The van der Waals surface area contributed by atoms with E-state index in [1.807, 2.05) is 6.92 Å². The molecule has 2 heteroatoms. The van der Waals surface area contributed by atoms with Crippen molar-refractivity contribution in [3.05, 3.63) is 29.3 Å². The predicted octanol–water partition coefficient (Wildman–Crippen LogP) is 2.38. The highest BCUT2D eigenvalue weighted by atomic mass is 16.3. The molecule has 2 rings (SSSR count). The van der Waals surface area contributed by atoms with Gasteiger partial charge in [-0.1, -0.05) is 12.1 Å². The lowest BCUT2D eigenvalue weighted by Gasteiger charge is -2.24. The van der Waals surface area contributed by atoms with Gasteiger partial charge >= 0.3 is 0 Å². The number of hydrogen-bond acceptors (Lipinski definition) is 2. The fraction of sp³-hybridized carbons (Fsp3) is 0.571. The van der Waals surface area contributed by atoms with Crippen LogP contribution >= 0.6 is 0 Å². The first-order valence-corrected chi connectivity index (χ1v) is 6.14. The molecule has 1 aromatic rings. The summed E-state index contributed by atoms with van der Waals surface area (Å²) in [7, 11) is 0. The second kappa shape index (κ2) is 4.46. The lowest BCUT2D eigenvalue weighted by atomic mass is 10.0. The molecule has 0 aromatic heterocycles. The van der Waals surface area contributed by atoms with E-state index in [4.69, 9.17) is 0 Å². The van der Waals surface area contributed by atoms with Gasteiger partial charge in [-0.2, -0.15) is 0 Å². The van der Waals surface area contributed by atoms with E-state index >= 15 is 0 Å². The fourth-order valence-electron chi connectivity index (χ4n) is 2.45. The summed E-state index contributed by atoms with van der Waals surface area (Å²) >= 11 is 0. The Bertz CT molecular complexity index is 371. The minimum absolute atomic E-state index is 0.257. The summed E-state index contributed by atoms with van der Waals surface area (Å²) in [5, 5.41) is 9.42. The van der Waals surface area contributed by atoms with Crippen molar-refractivity contribution in [1.82, 2.24) is 0 Å². The largest absolute Gasteiger partial charge is 0.393 e. The van der Waals surface area contributed by atoms with Gasteiger partial charge < -0.3 is 10.0 Å². The number of nitrogens with zero attached hydrogens (tertiary/aromatic N) is 1. The average Bonchev–Trinajstić information content (AvgIpc) is 2.59. The van der Waals surface area contributed by atoms with Gasteiger partial charge in [0.25, 0.3) is 0 Å². The lowest BCUT2D eigenvalue weighted by molar-refractivity contribution is 0.195. The molecular weight excluding hydrogens is 198 g/mol. The second-order valence-corrected chi connectivity index (χ2v) is 5.05. The van der Waals surface area contributed by atoms with Gasteiger partial charge in [0.15, 0.2) is 0 Å². The Kier molecular flexibility index (Phi) is 3.20. The van der Waals surface area contributed by atoms with Crippen LogP contribution in [0.1, 0.15) is 31.9 Å².